The van der Waals surface area contributed by atoms with Crippen LogP contribution in [0, 0.1) is 30.6 Å². The molecular formula is C41H54N2O13. The van der Waals surface area contributed by atoms with Gasteiger partial charge in [0.2, 0.25) is 0 Å². The lowest BCUT2D eigenvalue weighted by atomic mass is 9.78. The van der Waals surface area contributed by atoms with E-state index in [2.05, 4.69) is 10.5 Å². The largest absolute Gasteiger partial charge is 0.507 e. The number of Topliss-reactive ketones (excluding diaryl/α,β-unsaturated/α-hetero) is 1. The van der Waals surface area contributed by atoms with Crippen LogP contribution in [0.3, 0.4) is 0 Å². The molecule has 15 nitrogen and oxygen atoms in total. The lowest BCUT2D eigenvalue weighted by Crippen LogP contribution is -2.46. The zero-order valence-corrected chi connectivity index (χ0v) is 33.6. The highest BCUT2D eigenvalue weighted by Gasteiger charge is 2.50. The normalized spacial score (nSPS) is 30.2. The van der Waals surface area contributed by atoms with Crippen LogP contribution in [0.25, 0.3) is 10.8 Å². The Morgan fingerprint density at radius 3 is 2.23 bits per heavy atom. The number of ketones is 1. The molecule has 0 fully saturated rings. The van der Waals surface area contributed by atoms with Gasteiger partial charge in [0.15, 0.2) is 5.75 Å². The number of oxime groups is 1. The SMILES string of the molecule is COC1/C=C/OC2(C)Oc3c(C)c(O)c4c(O)c(c(/C=N\OC(C)C)c(O)c4c3C2=O)NC(=O)C(C)=C/C=C/C(C)C(O)C(C)C(O)C(C)C(OC(C)=O)C1C. The fourth-order valence-corrected chi connectivity index (χ4v) is 7.08. The van der Waals surface area contributed by atoms with E-state index in [0.717, 1.165) is 6.21 Å². The number of methoxy groups -OCH3 is 1. The number of nitrogens with zero attached hydrogens (tertiary/aromatic N) is 1. The Bertz CT molecular complexity index is 1970. The monoisotopic (exact) mass is 782 g/mol. The summed E-state index contributed by atoms with van der Waals surface area (Å²) in [5.74, 6) is -8.63. The summed E-state index contributed by atoms with van der Waals surface area (Å²) in [7, 11) is 1.43. The third kappa shape index (κ3) is 8.49. The molecule has 0 saturated carbocycles. The number of aliphatic hydroxyl groups excluding tert-OH is 2. The third-order valence-electron chi connectivity index (χ3n) is 10.5. The molecule has 3 aliphatic rings. The first-order chi connectivity index (χ1) is 26.2. The van der Waals surface area contributed by atoms with Crippen molar-refractivity contribution in [2.75, 3.05) is 12.4 Å². The Kier molecular flexibility index (Phi) is 13.5. The van der Waals surface area contributed by atoms with Crippen LogP contribution in [0.4, 0.5) is 5.69 Å². The molecule has 0 saturated heterocycles. The Hall–Kier alpha value is -5.12. The summed E-state index contributed by atoms with van der Waals surface area (Å²) in [6.45, 7) is 15.8. The van der Waals surface area contributed by atoms with Crippen molar-refractivity contribution in [2.45, 2.75) is 106 Å². The van der Waals surface area contributed by atoms with Crippen LogP contribution in [0.15, 0.2) is 41.3 Å². The van der Waals surface area contributed by atoms with Crippen LogP contribution in [-0.2, 0) is 28.6 Å². The lowest BCUT2D eigenvalue weighted by Gasteiger charge is -2.38. The van der Waals surface area contributed by atoms with E-state index in [1.54, 1.807) is 53.7 Å². The van der Waals surface area contributed by atoms with Gasteiger partial charge in [-0.2, -0.15) is 0 Å². The fourth-order valence-electron chi connectivity index (χ4n) is 7.08. The highest BCUT2D eigenvalue weighted by atomic mass is 16.7. The molecular weight excluding hydrogens is 728 g/mol. The predicted molar refractivity (Wildman–Crippen MR) is 208 cm³/mol. The van der Waals surface area contributed by atoms with Crippen LogP contribution < -0.4 is 10.1 Å². The van der Waals surface area contributed by atoms with E-state index in [1.165, 1.54) is 53.2 Å². The van der Waals surface area contributed by atoms with Crippen LogP contribution in [-0.4, -0.2) is 92.8 Å². The number of aliphatic hydroxyl groups is 2. The minimum absolute atomic E-state index is 0.0334. The number of fused-ring (bicyclic) bond motifs is 14. The molecule has 5 bridgehead atoms. The van der Waals surface area contributed by atoms with Gasteiger partial charge < -0.3 is 54.6 Å². The molecule has 2 aromatic carbocycles. The minimum Gasteiger partial charge on any atom is -0.507 e. The smallest absolute Gasteiger partial charge is 0.312 e. The standard InChI is InChI=1S/C41H54N2O13/c1-18(2)56-42-17-26-31-36(49)29-28(35(26)48)30-38(24(8)34(29)47)55-41(10,39(30)50)53-16-15-27(52-11)21(5)37(54-25(9)44)23(7)33(46)22(6)32(45)19(3)13-12-14-20(4)40(51)43-31/h12-19,21-23,27,32-33,37,45-49H,1-11H3,(H,43,51)/b13-12+,16-15+,20-14?,42-17-. The summed E-state index contributed by atoms with van der Waals surface area (Å²) < 4.78 is 23.4. The van der Waals surface area contributed by atoms with Gasteiger partial charge >= 0.3 is 11.8 Å². The maximum absolute atomic E-state index is 14.3. The molecule has 1 amide bonds. The third-order valence-corrected chi connectivity index (χ3v) is 10.5. The molecule has 5 rings (SSSR count). The van der Waals surface area contributed by atoms with Crippen LogP contribution in [0.2, 0.25) is 0 Å². The van der Waals surface area contributed by atoms with Crippen molar-refractivity contribution in [1.82, 2.24) is 0 Å². The van der Waals surface area contributed by atoms with E-state index in [4.69, 9.17) is 23.8 Å². The number of rotatable bonds is 5. The lowest BCUT2D eigenvalue weighted by molar-refractivity contribution is -0.160. The number of carbonyl (C=O) groups excluding carboxylic acids is 3. The number of benzene rings is 2. The summed E-state index contributed by atoms with van der Waals surface area (Å²) in [5.41, 5.74) is -0.618. The molecule has 15 heteroatoms. The predicted octanol–water partition coefficient (Wildman–Crippen LogP) is 5.51. The summed E-state index contributed by atoms with van der Waals surface area (Å²) in [4.78, 5) is 45.4. The van der Waals surface area contributed by atoms with Gasteiger partial charge in [0.25, 0.3) is 11.7 Å². The van der Waals surface area contributed by atoms with E-state index in [0.29, 0.717) is 0 Å². The molecule has 0 aliphatic carbocycles. The highest BCUT2D eigenvalue weighted by molar-refractivity contribution is 6.23. The van der Waals surface area contributed by atoms with E-state index < -0.39 is 88.8 Å². The van der Waals surface area contributed by atoms with Crippen molar-refractivity contribution in [3.63, 3.8) is 0 Å². The first-order valence-electron chi connectivity index (χ1n) is 18.4. The average Bonchev–Trinajstić information content (AvgIpc) is 3.41. The number of nitrogens with one attached hydrogen (secondary N) is 1. The quantitative estimate of drug-likeness (QED) is 0.0725. The van der Waals surface area contributed by atoms with E-state index >= 15 is 0 Å². The number of ether oxygens (including phenoxy) is 4. The zero-order chi connectivity index (χ0) is 42.0. The first-order valence-corrected chi connectivity index (χ1v) is 18.4. The number of carbonyl (C=O) groups is 3. The molecule has 0 aromatic heterocycles. The topological polar surface area (TPSA) is 223 Å². The van der Waals surface area contributed by atoms with Gasteiger partial charge in [-0.25, -0.2) is 0 Å². The van der Waals surface area contributed by atoms with E-state index in [9.17, 15) is 39.9 Å². The van der Waals surface area contributed by atoms with Crippen molar-refractivity contribution >= 4 is 40.3 Å². The average molecular weight is 783 g/mol. The number of hydrogen-bond acceptors (Lipinski definition) is 14. The second-order valence-electron chi connectivity index (χ2n) is 15.0. The number of allylic oxidation sites excluding steroid dienone is 2. The summed E-state index contributed by atoms with van der Waals surface area (Å²) >= 11 is 0. The van der Waals surface area contributed by atoms with Crippen molar-refractivity contribution in [3.8, 4) is 23.0 Å². The van der Waals surface area contributed by atoms with Gasteiger partial charge in [0.1, 0.15) is 29.5 Å². The van der Waals surface area contributed by atoms with Crippen molar-refractivity contribution in [3.05, 3.63) is 52.8 Å². The summed E-state index contributed by atoms with van der Waals surface area (Å²) in [6, 6.07) is 0. The first kappa shape index (κ1) is 43.6. The van der Waals surface area contributed by atoms with E-state index in [1.807, 2.05) is 0 Å². The highest BCUT2D eigenvalue weighted by Crippen LogP contribution is 2.55. The molecule has 3 aliphatic heterocycles. The van der Waals surface area contributed by atoms with Gasteiger partial charge in [-0.3, -0.25) is 14.4 Å². The molecule has 0 spiro atoms. The van der Waals surface area contributed by atoms with Gasteiger partial charge in [-0.15, -0.1) is 0 Å². The number of amides is 1. The van der Waals surface area contributed by atoms with Crippen molar-refractivity contribution < 1.29 is 63.7 Å². The summed E-state index contributed by atoms with van der Waals surface area (Å²) in [6.07, 6.45) is 4.11. The van der Waals surface area contributed by atoms with Gasteiger partial charge in [0, 0.05) is 61.2 Å². The maximum atomic E-state index is 14.3. The van der Waals surface area contributed by atoms with Crippen molar-refractivity contribution in [2.24, 2.45) is 28.8 Å². The number of phenolic OH excluding ortho intramolecular Hbond substituents is 3. The summed E-state index contributed by atoms with van der Waals surface area (Å²) in [5, 5.41) is 63.6. The second kappa shape index (κ2) is 17.3. The van der Waals surface area contributed by atoms with Crippen LogP contribution in [0.1, 0.15) is 83.8 Å². The Morgan fingerprint density at radius 2 is 1.62 bits per heavy atom. The molecule has 56 heavy (non-hydrogen) atoms. The molecule has 0 radical (unpaired) electrons. The molecule has 306 valence electrons. The number of hydrogen-bond donors (Lipinski definition) is 6. The Balaban J connectivity index is 1.97. The van der Waals surface area contributed by atoms with E-state index in [-0.39, 0.29) is 50.6 Å². The molecule has 3 heterocycles. The van der Waals surface area contributed by atoms with Gasteiger partial charge in [-0.1, -0.05) is 51.1 Å². The van der Waals surface area contributed by atoms with Gasteiger partial charge in [0.05, 0.1) is 53.0 Å². The van der Waals surface area contributed by atoms with Crippen LogP contribution in [0.5, 0.6) is 23.0 Å². The minimum atomic E-state index is -2.06. The Labute approximate surface area is 326 Å². The molecule has 2 aromatic rings. The second-order valence-corrected chi connectivity index (χ2v) is 15.0. The van der Waals surface area contributed by atoms with Gasteiger partial charge in [-0.05, 0) is 33.8 Å². The fraction of sp³-hybridized carbons (Fsp3) is 0.512. The number of aromatic hydroxyl groups is 3. The van der Waals surface area contributed by atoms with Crippen molar-refractivity contribution in [1.29, 1.82) is 0 Å². The maximum Gasteiger partial charge on any atom is 0.312 e. The Morgan fingerprint density at radius 1 is 0.964 bits per heavy atom. The zero-order valence-electron chi connectivity index (χ0n) is 33.6. The molecule has 9 unspecified atom stereocenters. The number of phenols is 3. The van der Waals surface area contributed by atoms with Crippen LogP contribution >= 0.6 is 0 Å². The molecule has 9 atom stereocenters. The number of esters is 1. The molecule has 6 N–H and O–H groups in total. The number of anilines is 1.